The fourth-order valence-electron chi connectivity index (χ4n) is 3.82. The number of carboxylic acids is 1. The SMILES string of the molecule is CCCCc1ccc(-c2ccc(CN(CC[C@H](NC(=O)OC(C)(C)C)C(=O)O)C(=O)OC(C)(C)C)cc2)cc1. The number of amides is 2. The van der Waals surface area contributed by atoms with Gasteiger partial charge in [0, 0.05) is 13.1 Å². The predicted molar refractivity (Wildman–Crippen MR) is 153 cm³/mol. The molecule has 0 aliphatic rings. The van der Waals surface area contributed by atoms with Crippen molar-refractivity contribution in [3.05, 3.63) is 59.7 Å². The van der Waals surface area contributed by atoms with Crippen molar-refractivity contribution in [2.75, 3.05) is 6.54 Å². The summed E-state index contributed by atoms with van der Waals surface area (Å²) in [6, 6.07) is 15.2. The number of nitrogens with one attached hydrogen (secondary N) is 1. The molecule has 0 saturated heterocycles. The quantitative estimate of drug-likeness (QED) is 0.325. The molecule has 2 rings (SSSR count). The number of hydrogen-bond donors (Lipinski definition) is 2. The van der Waals surface area contributed by atoms with E-state index in [4.69, 9.17) is 9.47 Å². The van der Waals surface area contributed by atoms with Crippen molar-refractivity contribution in [2.45, 2.75) is 97.9 Å². The summed E-state index contributed by atoms with van der Waals surface area (Å²) >= 11 is 0. The minimum atomic E-state index is -1.23. The summed E-state index contributed by atoms with van der Waals surface area (Å²) in [7, 11) is 0. The lowest BCUT2D eigenvalue weighted by atomic mass is 10.0. The minimum Gasteiger partial charge on any atom is -0.480 e. The number of aryl methyl sites for hydroxylation is 1. The topological polar surface area (TPSA) is 105 Å². The number of carbonyl (C=O) groups is 3. The molecule has 0 spiro atoms. The Balaban J connectivity index is 2.13. The summed E-state index contributed by atoms with van der Waals surface area (Å²) in [4.78, 5) is 38.4. The predicted octanol–water partition coefficient (Wildman–Crippen LogP) is 6.80. The molecule has 2 aromatic rings. The molecule has 8 nitrogen and oxygen atoms in total. The van der Waals surface area contributed by atoms with Crippen molar-refractivity contribution in [1.29, 1.82) is 0 Å². The first-order valence-corrected chi connectivity index (χ1v) is 13.6. The third-order valence-corrected chi connectivity index (χ3v) is 5.76. The second kappa shape index (κ2) is 14.0. The van der Waals surface area contributed by atoms with Crippen molar-refractivity contribution >= 4 is 18.2 Å². The molecule has 214 valence electrons. The van der Waals surface area contributed by atoms with Crippen molar-refractivity contribution in [1.82, 2.24) is 10.2 Å². The van der Waals surface area contributed by atoms with Gasteiger partial charge in [-0.2, -0.15) is 0 Å². The number of hydrogen-bond acceptors (Lipinski definition) is 5. The van der Waals surface area contributed by atoms with Crippen LogP contribution in [0.5, 0.6) is 0 Å². The van der Waals surface area contributed by atoms with Gasteiger partial charge in [-0.3, -0.25) is 0 Å². The highest BCUT2D eigenvalue weighted by molar-refractivity contribution is 5.80. The maximum absolute atomic E-state index is 13.0. The Morgan fingerprint density at radius 3 is 1.82 bits per heavy atom. The van der Waals surface area contributed by atoms with Gasteiger partial charge in [0.15, 0.2) is 0 Å². The van der Waals surface area contributed by atoms with Gasteiger partial charge in [-0.1, -0.05) is 61.9 Å². The maximum atomic E-state index is 13.0. The molecule has 2 N–H and O–H groups in total. The number of alkyl carbamates (subject to hydrolysis) is 1. The minimum absolute atomic E-state index is 0.0176. The first-order chi connectivity index (χ1) is 18.2. The molecule has 2 amide bonds. The number of carbonyl (C=O) groups excluding carboxylic acids is 2. The zero-order chi connectivity index (χ0) is 29.2. The van der Waals surface area contributed by atoms with E-state index in [0.29, 0.717) is 0 Å². The Labute approximate surface area is 232 Å². The lowest BCUT2D eigenvalue weighted by Gasteiger charge is -2.28. The normalized spacial score (nSPS) is 12.4. The molecule has 39 heavy (non-hydrogen) atoms. The molecule has 0 heterocycles. The molecule has 0 aliphatic heterocycles. The molecule has 0 saturated carbocycles. The summed E-state index contributed by atoms with van der Waals surface area (Å²) in [6.07, 6.45) is 2.01. The van der Waals surface area contributed by atoms with E-state index in [1.54, 1.807) is 41.5 Å². The summed E-state index contributed by atoms with van der Waals surface area (Å²) < 4.78 is 10.8. The van der Waals surface area contributed by atoms with E-state index in [2.05, 4.69) is 36.5 Å². The number of ether oxygens (including phenoxy) is 2. The number of unbranched alkanes of at least 4 members (excludes halogenated alkanes) is 1. The van der Waals surface area contributed by atoms with Crippen LogP contribution in [0.1, 0.15) is 78.9 Å². The first-order valence-electron chi connectivity index (χ1n) is 13.6. The monoisotopic (exact) mass is 540 g/mol. The molecule has 8 heteroatoms. The molecular weight excluding hydrogens is 496 g/mol. The van der Waals surface area contributed by atoms with E-state index in [1.807, 2.05) is 24.3 Å². The van der Waals surface area contributed by atoms with Crippen LogP contribution in [0.4, 0.5) is 9.59 Å². The van der Waals surface area contributed by atoms with Gasteiger partial charge in [0.2, 0.25) is 0 Å². The summed E-state index contributed by atoms with van der Waals surface area (Å²) in [6.45, 7) is 12.9. The third-order valence-electron chi connectivity index (χ3n) is 5.76. The third kappa shape index (κ3) is 11.8. The number of rotatable bonds is 11. The average molecular weight is 541 g/mol. The summed E-state index contributed by atoms with van der Waals surface area (Å²) in [5, 5.41) is 12.0. The van der Waals surface area contributed by atoms with Crippen molar-refractivity contribution < 1.29 is 29.0 Å². The lowest BCUT2D eigenvalue weighted by Crippen LogP contribution is -2.46. The Hall–Kier alpha value is -3.55. The Morgan fingerprint density at radius 2 is 1.36 bits per heavy atom. The van der Waals surface area contributed by atoms with Crippen LogP contribution < -0.4 is 5.32 Å². The van der Waals surface area contributed by atoms with Crippen LogP contribution in [0.15, 0.2) is 48.5 Å². The van der Waals surface area contributed by atoms with Gasteiger partial charge in [0.1, 0.15) is 17.2 Å². The van der Waals surface area contributed by atoms with E-state index >= 15 is 0 Å². The maximum Gasteiger partial charge on any atom is 0.410 e. The van der Waals surface area contributed by atoms with E-state index in [0.717, 1.165) is 23.1 Å². The smallest absolute Gasteiger partial charge is 0.410 e. The van der Waals surface area contributed by atoms with Gasteiger partial charge < -0.3 is 24.8 Å². The second-order valence-corrected chi connectivity index (χ2v) is 11.7. The zero-order valence-electron chi connectivity index (χ0n) is 24.4. The van der Waals surface area contributed by atoms with Crippen molar-refractivity contribution in [3.8, 4) is 11.1 Å². The van der Waals surface area contributed by atoms with E-state index in [1.165, 1.54) is 23.3 Å². The number of aliphatic carboxylic acids is 1. The Bertz CT molecular complexity index is 1080. The number of nitrogens with zero attached hydrogens (tertiary/aromatic N) is 1. The Kier molecular flexibility index (Phi) is 11.4. The average Bonchev–Trinajstić information content (AvgIpc) is 2.82. The second-order valence-electron chi connectivity index (χ2n) is 11.7. The van der Waals surface area contributed by atoms with Crippen LogP contribution in [0.3, 0.4) is 0 Å². The molecule has 2 aromatic carbocycles. The highest BCUT2D eigenvalue weighted by Crippen LogP contribution is 2.22. The lowest BCUT2D eigenvalue weighted by molar-refractivity contribution is -0.139. The van der Waals surface area contributed by atoms with E-state index in [-0.39, 0.29) is 19.5 Å². The fourth-order valence-corrected chi connectivity index (χ4v) is 3.82. The Morgan fingerprint density at radius 1 is 0.846 bits per heavy atom. The van der Waals surface area contributed by atoms with Gasteiger partial charge in [-0.15, -0.1) is 0 Å². The molecule has 0 aliphatic carbocycles. The summed E-state index contributed by atoms with van der Waals surface area (Å²) in [5.74, 6) is -1.21. The fraction of sp³-hybridized carbons (Fsp3) is 0.516. The van der Waals surface area contributed by atoms with Crippen molar-refractivity contribution in [2.24, 2.45) is 0 Å². The van der Waals surface area contributed by atoms with Crippen LogP contribution in [0.2, 0.25) is 0 Å². The van der Waals surface area contributed by atoms with Crippen LogP contribution in [-0.4, -0.2) is 52.0 Å². The number of carboxylic acid groups (broad SMARTS) is 1. The molecular formula is C31H44N2O6. The molecule has 1 atom stereocenters. The van der Waals surface area contributed by atoms with Crippen LogP contribution >= 0.6 is 0 Å². The number of benzene rings is 2. The molecule has 0 aromatic heterocycles. The zero-order valence-corrected chi connectivity index (χ0v) is 24.4. The summed E-state index contributed by atoms with van der Waals surface area (Å²) in [5.41, 5.74) is 2.89. The van der Waals surface area contributed by atoms with Gasteiger partial charge in [-0.05, 0) is 83.1 Å². The first kappa shape index (κ1) is 31.7. The van der Waals surface area contributed by atoms with Gasteiger partial charge in [0.25, 0.3) is 0 Å². The van der Waals surface area contributed by atoms with Crippen molar-refractivity contribution in [3.63, 3.8) is 0 Å². The molecule has 0 unspecified atom stereocenters. The van der Waals surface area contributed by atoms with Gasteiger partial charge in [-0.25, -0.2) is 14.4 Å². The van der Waals surface area contributed by atoms with E-state index < -0.39 is 35.4 Å². The highest BCUT2D eigenvalue weighted by atomic mass is 16.6. The largest absolute Gasteiger partial charge is 0.480 e. The van der Waals surface area contributed by atoms with Gasteiger partial charge in [0.05, 0.1) is 0 Å². The van der Waals surface area contributed by atoms with E-state index in [9.17, 15) is 19.5 Å². The standard InChI is InChI=1S/C31H44N2O6/c1-8-9-10-22-11-15-24(16-12-22)25-17-13-23(14-18-25)21-33(29(37)39-31(5,6)7)20-19-26(27(34)35)32-28(36)38-30(2,3)4/h11-18,26H,8-10,19-21H2,1-7H3,(H,32,36)(H,34,35)/t26-/m0/s1. The molecule has 0 fully saturated rings. The molecule has 0 bridgehead atoms. The van der Waals surface area contributed by atoms with Gasteiger partial charge >= 0.3 is 18.2 Å². The molecule has 0 radical (unpaired) electrons. The van der Waals surface area contributed by atoms with Crippen LogP contribution in [-0.2, 0) is 27.2 Å². The van der Waals surface area contributed by atoms with Crippen LogP contribution in [0, 0.1) is 0 Å². The highest BCUT2D eigenvalue weighted by Gasteiger charge is 2.27. The van der Waals surface area contributed by atoms with Crippen LogP contribution in [0.25, 0.3) is 11.1 Å².